The highest BCUT2D eigenvalue weighted by Gasteiger charge is 2.15. The molecule has 5 heteroatoms. The summed E-state index contributed by atoms with van der Waals surface area (Å²) in [5.41, 5.74) is 0.851. The number of hydrogen-bond acceptors (Lipinski definition) is 2. The Balaban J connectivity index is 2.24. The van der Waals surface area contributed by atoms with E-state index in [0.717, 1.165) is 0 Å². The van der Waals surface area contributed by atoms with Crippen LogP contribution in [0.1, 0.15) is 17.4 Å². The minimum absolute atomic E-state index is 0.127. The molecule has 1 aromatic heterocycles. The number of halogens is 3. The Morgan fingerprint density at radius 2 is 2.17 bits per heavy atom. The molecule has 18 heavy (non-hydrogen) atoms. The molecule has 1 N–H and O–H groups in total. The van der Waals surface area contributed by atoms with Crippen molar-refractivity contribution >= 4 is 27.5 Å². The first-order chi connectivity index (χ1) is 8.58. The Bertz CT molecular complexity index is 564. The first-order valence-electron chi connectivity index (χ1n) is 5.30. The summed E-state index contributed by atoms with van der Waals surface area (Å²) >= 11 is 9.11. The van der Waals surface area contributed by atoms with Gasteiger partial charge in [-0.15, -0.1) is 0 Å². The van der Waals surface area contributed by atoms with Gasteiger partial charge in [-0.2, -0.15) is 0 Å². The Hall–Kier alpha value is -0.970. The van der Waals surface area contributed by atoms with Gasteiger partial charge in [0, 0.05) is 22.1 Å². The fourth-order valence-corrected chi connectivity index (χ4v) is 2.36. The molecule has 0 aliphatic carbocycles. The summed E-state index contributed by atoms with van der Waals surface area (Å²) < 4.78 is 14.2. The molecule has 1 heterocycles. The molecule has 2 aromatic rings. The molecule has 0 saturated carbocycles. The van der Waals surface area contributed by atoms with E-state index in [9.17, 15) is 9.50 Å². The van der Waals surface area contributed by atoms with Crippen molar-refractivity contribution in [1.82, 2.24) is 4.98 Å². The molecule has 0 fully saturated rings. The Kier molecular flexibility index (Phi) is 4.32. The summed E-state index contributed by atoms with van der Waals surface area (Å²) in [5, 5.41) is 10.5. The zero-order valence-corrected chi connectivity index (χ0v) is 11.6. The number of aliphatic hydroxyl groups is 1. The highest BCUT2D eigenvalue weighted by molar-refractivity contribution is 9.10. The van der Waals surface area contributed by atoms with Crippen molar-refractivity contribution in [1.29, 1.82) is 0 Å². The third kappa shape index (κ3) is 3.07. The lowest BCUT2D eigenvalue weighted by atomic mass is 10.0. The third-order valence-electron chi connectivity index (χ3n) is 2.52. The lowest BCUT2D eigenvalue weighted by molar-refractivity contribution is 0.171. The van der Waals surface area contributed by atoms with Gasteiger partial charge in [-0.1, -0.05) is 11.6 Å². The minimum Gasteiger partial charge on any atom is -0.386 e. The molecule has 0 saturated heterocycles. The van der Waals surface area contributed by atoms with Gasteiger partial charge in [0.2, 0.25) is 0 Å². The highest BCUT2D eigenvalue weighted by atomic mass is 79.9. The molecule has 94 valence electrons. The van der Waals surface area contributed by atoms with E-state index < -0.39 is 6.10 Å². The number of benzene rings is 1. The van der Waals surface area contributed by atoms with Crippen molar-refractivity contribution in [3.05, 3.63) is 63.1 Å². The lowest BCUT2D eigenvalue weighted by Gasteiger charge is -2.12. The maximum absolute atomic E-state index is 13.5. The second-order valence-corrected chi connectivity index (χ2v) is 5.12. The average Bonchev–Trinajstić information content (AvgIpc) is 2.34. The first-order valence-corrected chi connectivity index (χ1v) is 6.47. The van der Waals surface area contributed by atoms with E-state index in [2.05, 4.69) is 20.9 Å². The van der Waals surface area contributed by atoms with Crippen LogP contribution in [0, 0.1) is 5.82 Å². The van der Waals surface area contributed by atoms with Crippen LogP contribution in [0.3, 0.4) is 0 Å². The second-order valence-electron chi connectivity index (χ2n) is 3.83. The predicted molar refractivity (Wildman–Crippen MR) is 72.0 cm³/mol. The van der Waals surface area contributed by atoms with Gasteiger partial charge < -0.3 is 5.11 Å². The number of aromatic nitrogens is 1. The molecule has 0 aliphatic heterocycles. The predicted octanol–water partition coefficient (Wildman–Crippen LogP) is 3.91. The van der Waals surface area contributed by atoms with E-state index in [0.29, 0.717) is 20.8 Å². The second kappa shape index (κ2) is 5.78. The minimum atomic E-state index is -0.881. The number of aliphatic hydroxyl groups excluding tert-OH is 1. The van der Waals surface area contributed by atoms with Crippen LogP contribution in [0.5, 0.6) is 0 Å². The van der Waals surface area contributed by atoms with Gasteiger partial charge >= 0.3 is 0 Å². The normalized spacial score (nSPS) is 12.4. The third-order valence-corrected chi connectivity index (χ3v) is 3.43. The van der Waals surface area contributed by atoms with E-state index in [1.54, 1.807) is 18.3 Å². The van der Waals surface area contributed by atoms with Gasteiger partial charge in [0.25, 0.3) is 0 Å². The maximum Gasteiger partial charge on any atom is 0.126 e. The maximum atomic E-state index is 13.5. The van der Waals surface area contributed by atoms with Crippen LogP contribution in [0.2, 0.25) is 5.02 Å². The van der Waals surface area contributed by atoms with Crippen molar-refractivity contribution in [2.24, 2.45) is 0 Å². The van der Waals surface area contributed by atoms with Gasteiger partial charge in [-0.05, 0) is 51.8 Å². The van der Waals surface area contributed by atoms with E-state index in [1.165, 1.54) is 18.2 Å². The van der Waals surface area contributed by atoms with Gasteiger partial charge in [0.15, 0.2) is 0 Å². The van der Waals surface area contributed by atoms with Crippen LogP contribution in [-0.2, 0) is 6.42 Å². The number of nitrogens with zero attached hydrogens (tertiary/aromatic N) is 1. The van der Waals surface area contributed by atoms with Crippen LogP contribution >= 0.6 is 27.5 Å². The van der Waals surface area contributed by atoms with E-state index in [4.69, 9.17) is 11.6 Å². The molecular formula is C13H10BrClFNO. The quantitative estimate of drug-likeness (QED) is 0.925. The van der Waals surface area contributed by atoms with Crippen LogP contribution in [-0.4, -0.2) is 10.1 Å². The summed E-state index contributed by atoms with van der Waals surface area (Å²) in [5.74, 6) is -0.384. The van der Waals surface area contributed by atoms with Gasteiger partial charge in [-0.25, -0.2) is 4.39 Å². The standard InChI is InChI=1S/C13H10BrClFNO/c14-10-2-1-5-17-13(10)12(18)7-8-6-9(15)3-4-11(8)16/h1-6,12,18H,7H2. The zero-order chi connectivity index (χ0) is 13.1. The Morgan fingerprint density at radius 3 is 2.89 bits per heavy atom. The Labute approximate surface area is 118 Å². The largest absolute Gasteiger partial charge is 0.386 e. The molecule has 0 aliphatic rings. The summed E-state index contributed by atoms with van der Waals surface area (Å²) in [6, 6.07) is 7.80. The van der Waals surface area contributed by atoms with E-state index in [1.807, 2.05) is 0 Å². The summed E-state index contributed by atoms with van der Waals surface area (Å²) in [6.45, 7) is 0. The fraction of sp³-hybridized carbons (Fsp3) is 0.154. The number of rotatable bonds is 3. The van der Waals surface area contributed by atoms with Crippen LogP contribution in [0.15, 0.2) is 41.0 Å². The molecule has 0 radical (unpaired) electrons. The molecule has 0 bridgehead atoms. The summed E-state index contributed by atoms with van der Waals surface area (Å²) in [7, 11) is 0. The SMILES string of the molecule is OC(Cc1cc(Cl)ccc1F)c1ncccc1Br. The number of pyridine rings is 1. The fourth-order valence-electron chi connectivity index (χ4n) is 1.65. The summed E-state index contributed by atoms with van der Waals surface area (Å²) in [6.07, 6.45) is 0.827. The van der Waals surface area contributed by atoms with Crippen LogP contribution in [0.25, 0.3) is 0 Å². The van der Waals surface area contributed by atoms with Gasteiger partial charge in [-0.3, -0.25) is 4.98 Å². The van der Waals surface area contributed by atoms with Crippen LogP contribution < -0.4 is 0 Å². The molecule has 1 aromatic carbocycles. The summed E-state index contributed by atoms with van der Waals surface area (Å²) in [4.78, 5) is 4.07. The monoisotopic (exact) mass is 329 g/mol. The van der Waals surface area contributed by atoms with E-state index in [-0.39, 0.29) is 12.2 Å². The van der Waals surface area contributed by atoms with Crippen molar-refractivity contribution in [3.63, 3.8) is 0 Å². The highest BCUT2D eigenvalue weighted by Crippen LogP contribution is 2.25. The molecular weight excluding hydrogens is 321 g/mol. The number of hydrogen-bond donors (Lipinski definition) is 1. The topological polar surface area (TPSA) is 33.1 Å². The van der Waals surface area contributed by atoms with Crippen molar-refractivity contribution in [2.75, 3.05) is 0 Å². The van der Waals surface area contributed by atoms with Gasteiger partial charge in [0.05, 0.1) is 5.69 Å². The van der Waals surface area contributed by atoms with Gasteiger partial charge in [0.1, 0.15) is 11.9 Å². The average molecular weight is 331 g/mol. The first kappa shape index (κ1) is 13.5. The molecule has 2 nitrogen and oxygen atoms in total. The Morgan fingerprint density at radius 1 is 1.39 bits per heavy atom. The van der Waals surface area contributed by atoms with Crippen molar-refractivity contribution in [2.45, 2.75) is 12.5 Å². The zero-order valence-electron chi connectivity index (χ0n) is 9.28. The smallest absolute Gasteiger partial charge is 0.126 e. The molecule has 1 unspecified atom stereocenters. The molecule has 0 amide bonds. The van der Waals surface area contributed by atoms with Crippen LogP contribution in [0.4, 0.5) is 4.39 Å². The van der Waals surface area contributed by atoms with Crippen molar-refractivity contribution < 1.29 is 9.50 Å². The van der Waals surface area contributed by atoms with Crippen molar-refractivity contribution in [3.8, 4) is 0 Å². The molecule has 0 spiro atoms. The van der Waals surface area contributed by atoms with E-state index >= 15 is 0 Å². The lowest BCUT2D eigenvalue weighted by Crippen LogP contribution is -2.06. The molecule has 1 atom stereocenters. The molecule has 2 rings (SSSR count).